The second kappa shape index (κ2) is 9.56. The first-order valence-corrected chi connectivity index (χ1v) is 13.4. The maximum Gasteiger partial charge on any atom is 0.387 e. The summed E-state index contributed by atoms with van der Waals surface area (Å²) in [5.41, 5.74) is -0.354. The van der Waals surface area contributed by atoms with Crippen molar-refractivity contribution < 1.29 is 43.9 Å². The van der Waals surface area contributed by atoms with Gasteiger partial charge in [-0.3, -0.25) is 0 Å². The molecule has 0 radical (unpaired) electrons. The van der Waals surface area contributed by atoms with E-state index in [0.29, 0.717) is 12.8 Å². The monoisotopic (exact) mass is 538 g/mol. The topological polar surface area (TPSA) is 93.2 Å². The largest absolute Gasteiger partial charge is 0.435 e. The molecule has 8 nitrogen and oxygen atoms in total. The standard InChI is InChI=1S/C21H22F4N2O6S2/c22-19(23)32-15-1-5-17(6-2-15)34(28,29)26-11-9-21(10-12-26)13-27(14-21)35(30,31)18-7-3-16(4-8-18)33-20(24)25/h1-8,19-20H,9-14H2. The number of halogens is 4. The quantitative estimate of drug-likeness (QED) is 0.479. The molecular formula is C21H22F4N2O6S2. The van der Waals surface area contributed by atoms with E-state index in [9.17, 15) is 34.4 Å². The van der Waals surface area contributed by atoms with Crippen molar-refractivity contribution in [3.63, 3.8) is 0 Å². The molecule has 2 aromatic rings. The van der Waals surface area contributed by atoms with Gasteiger partial charge in [0.2, 0.25) is 20.0 Å². The Labute approximate surface area is 200 Å². The van der Waals surface area contributed by atoms with Crippen molar-refractivity contribution in [2.75, 3.05) is 26.2 Å². The van der Waals surface area contributed by atoms with Crippen molar-refractivity contribution in [3.8, 4) is 11.5 Å². The predicted molar refractivity (Wildman–Crippen MR) is 115 cm³/mol. The van der Waals surface area contributed by atoms with Gasteiger partial charge in [0, 0.05) is 31.6 Å². The number of piperidine rings is 1. The molecule has 1 spiro atoms. The Morgan fingerprint density at radius 1 is 0.657 bits per heavy atom. The van der Waals surface area contributed by atoms with E-state index in [0.717, 1.165) is 24.3 Å². The lowest BCUT2D eigenvalue weighted by Gasteiger charge is -2.52. The van der Waals surface area contributed by atoms with Gasteiger partial charge in [-0.25, -0.2) is 16.8 Å². The van der Waals surface area contributed by atoms with Gasteiger partial charge in [-0.15, -0.1) is 0 Å². The maximum absolute atomic E-state index is 12.9. The maximum atomic E-state index is 12.9. The normalized spacial score (nSPS) is 19.1. The Kier molecular flexibility index (Phi) is 7.01. The molecule has 0 aliphatic carbocycles. The molecule has 2 saturated heterocycles. The SMILES string of the molecule is O=S(=O)(c1ccc(OC(F)F)cc1)N1CCC2(CC1)CN(S(=O)(=O)c1ccc(OC(F)F)cc1)C2. The number of benzene rings is 2. The van der Waals surface area contributed by atoms with Crippen LogP contribution in [0.2, 0.25) is 0 Å². The number of sulfonamides is 2. The molecular weight excluding hydrogens is 516 g/mol. The van der Waals surface area contributed by atoms with Crippen LogP contribution in [0.25, 0.3) is 0 Å². The van der Waals surface area contributed by atoms with Gasteiger partial charge in [0.25, 0.3) is 0 Å². The summed E-state index contributed by atoms with van der Waals surface area (Å²) < 4.78 is 112. The zero-order valence-corrected chi connectivity index (χ0v) is 19.8. The first kappa shape index (κ1) is 25.7. The first-order valence-electron chi connectivity index (χ1n) is 10.5. The van der Waals surface area contributed by atoms with E-state index in [2.05, 4.69) is 9.47 Å². The molecule has 2 aliphatic heterocycles. The fourth-order valence-electron chi connectivity index (χ4n) is 4.27. The van der Waals surface area contributed by atoms with Gasteiger partial charge in [0.05, 0.1) is 9.79 Å². The number of hydrogen-bond donors (Lipinski definition) is 0. The van der Waals surface area contributed by atoms with Gasteiger partial charge in [-0.1, -0.05) is 0 Å². The lowest BCUT2D eigenvalue weighted by molar-refractivity contribution is -0.0505. The highest BCUT2D eigenvalue weighted by atomic mass is 32.2. The van der Waals surface area contributed by atoms with E-state index >= 15 is 0 Å². The Morgan fingerprint density at radius 3 is 1.40 bits per heavy atom. The van der Waals surface area contributed by atoms with Gasteiger partial charge in [0.1, 0.15) is 11.5 Å². The van der Waals surface area contributed by atoms with E-state index in [1.165, 1.54) is 32.9 Å². The van der Waals surface area contributed by atoms with E-state index in [4.69, 9.17) is 0 Å². The van der Waals surface area contributed by atoms with Crippen LogP contribution >= 0.6 is 0 Å². The van der Waals surface area contributed by atoms with Crippen LogP contribution in [-0.2, 0) is 20.0 Å². The minimum Gasteiger partial charge on any atom is -0.435 e. The van der Waals surface area contributed by atoms with Crippen LogP contribution in [0.3, 0.4) is 0 Å². The van der Waals surface area contributed by atoms with E-state index in [1.54, 1.807) is 0 Å². The van der Waals surface area contributed by atoms with E-state index < -0.39 is 33.3 Å². The highest BCUT2D eigenvalue weighted by Crippen LogP contribution is 2.44. The van der Waals surface area contributed by atoms with Crippen molar-refractivity contribution in [1.82, 2.24) is 8.61 Å². The number of ether oxygens (including phenoxy) is 2. The van der Waals surface area contributed by atoms with Crippen LogP contribution in [0.5, 0.6) is 11.5 Å². The Hall–Kier alpha value is -2.42. The molecule has 0 atom stereocenters. The summed E-state index contributed by atoms with van der Waals surface area (Å²) in [5.74, 6) is -0.299. The summed E-state index contributed by atoms with van der Waals surface area (Å²) in [4.78, 5) is -0.0969. The molecule has 2 fully saturated rings. The van der Waals surface area contributed by atoms with Crippen molar-refractivity contribution >= 4 is 20.0 Å². The highest BCUT2D eigenvalue weighted by molar-refractivity contribution is 7.89. The summed E-state index contributed by atoms with van der Waals surface area (Å²) in [6.07, 6.45) is 0.901. The summed E-state index contributed by atoms with van der Waals surface area (Å²) in [7, 11) is -7.67. The Morgan fingerprint density at radius 2 is 1.03 bits per heavy atom. The molecule has 0 aromatic heterocycles. The number of alkyl halides is 4. The molecule has 2 aliphatic rings. The third-order valence-electron chi connectivity index (χ3n) is 6.18. The van der Waals surface area contributed by atoms with Crippen molar-refractivity contribution in [3.05, 3.63) is 48.5 Å². The van der Waals surface area contributed by atoms with Crippen LogP contribution in [0.1, 0.15) is 12.8 Å². The van der Waals surface area contributed by atoms with Gasteiger partial charge in [-0.05, 0) is 61.4 Å². The summed E-state index contributed by atoms with van der Waals surface area (Å²) >= 11 is 0. The second-order valence-electron chi connectivity index (χ2n) is 8.38. The van der Waals surface area contributed by atoms with Crippen LogP contribution in [0, 0.1) is 5.41 Å². The van der Waals surface area contributed by atoms with Crippen molar-refractivity contribution in [1.29, 1.82) is 0 Å². The third kappa shape index (κ3) is 5.39. The summed E-state index contributed by atoms with van der Waals surface area (Å²) in [6, 6.07) is 9.43. The summed E-state index contributed by atoms with van der Waals surface area (Å²) in [5, 5.41) is 0. The van der Waals surface area contributed by atoms with Gasteiger partial charge < -0.3 is 9.47 Å². The minimum atomic E-state index is -3.85. The van der Waals surface area contributed by atoms with Crippen molar-refractivity contribution in [2.45, 2.75) is 35.9 Å². The molecule has 192 valence electrons. The van der Waals surface area contributed by atoms with Crippen LogP contribution in [-0.4, -0.2) is 64.8 Å². The molecule has 2 aromatic carbocycles. The second-order valence-corrected chi connectivity index (χ2v) is 12.3. The lowest BCUT2D eigenvalue weighted by Crippen LogP contribution is -2.62. The average Bonchev–Trinajstić information content (AvgIpc) is 2.77. The van der Waals surface area contributed by atoms with Gasteiger partial charge >= 0.3 is 13.2 Å². The fourth-order valence-corrected chi connectivity index (χ4v) is 7.38. The number of hydrogen-bond acceptors (Lipinski definition) is 6. The Bertz CT molecular complexity index is 1240. The molecule has 0 bridgehead atoms. The number of nitrogens with zero attached hydrogens (tertiary/aromatic N) is 2. The van der Waals surface area contributed by atoms with Crippen LogP contribution in [0.15, 0.2) is 58.3 Å². The lowest BCUT2D eigenvalue weighted by atomic mass is 9.74. The zero-order valence-electron chi connectivity index (χ0n) is 18.2. The highest BCUT2D eigenvalue weighted by Gasteiger charge is 2.50. The number of rotatable bonds is 8. The fraction of sp³-hybridized carbons (Fsp3) is 0.429. The summed E-state index contributed by atoms with van der Waals surface area (Å²) in [6.45, 7) is -5.21. The van der Waals surface area contributed by atoms with Gasteiger partial charge in [0.15, 0.2) is 0 Å². The first-order chi connectivity index (χ1) is 16.4. The predicted octanol–water partition coefficient (Wildman–Crippen LogP) is 3.36. The third-order valence-corrected chi connectivity index (χ3v) is 9.90. The van der Waals surface area contributed by atoms with E-state index in [-0.39, 0.29) is 52.9 Å². The van der Waals surface area contributed by atoms with Crippen LogP contribution < -0.4 is 9.47 Å². The van der Waals surface area contributed by atoms with Gasteiger partial charge in [-0.2, -0.15) is 26.2 Å². The van der Waals surface area contributed by atoms with Crippen LogP contribution in [0.4, 0.5) is 17.6 Å². The smallest absolute Gasteiger partial charge is 0.387 e. The molecule has 0 N–H and O–H groups in total. The molecule has 0 saturated carbocycles. The molecule has 2 heterocycles. The zero-order chi connectivity index (χ0) is 25.4. The molecule has 0 amide bonds. The molecule has 0 unspecified atom stereocenters. The molecule has 35 heavy (non-hydrogen) atoms. The molecule has 4 rings (SSSR count). The van der Waals surface area contributed by atoms with E-state index in [1.807, 2.05) is 0 Å². The average molecular weight is 539 g/mol. The minimum absolute atomic E-state index is 0.0479. The van der Waals surface area contributed by atoms with Crippen molar-refractivity contribution in [2.24, 2.45) is 5.41 Å². The molecule has 14 heteroatoms. The Balaban J connectivity index is 1.35.